The number of para-hydroxylation sites is 1. The third-order valence-corrected chi connectivity index (χ3v) is 2.65. The van der Waals surface area contributed by atoms with Crippen LogP contribution in [-0.2, 0) is 11.3 Å². The van der Waals surface area contributed by atoms with Gasteiger partial charge in [0, 0.05) is 6.54 Å². The Hall–Kier alpha value is -2.07. The molecule has 0 saturated heterocycles. The first-order chi connectivity index (χ1) is 9.88. The summed E-state index contributed by atoms with van der Waals surface area (Å²) in [6.45, 7) is 4.49. The lowest BCUT2D eigenvalue weighted by Crippen LogP contribution is -2.08. The van der Waals surface area contributed by atoms with E-state index in [1.54, 1.807) is 0 Å². The largest absolute Gasteiger partial charge is 0.491 e. The van der Waals surface area contributed by atoms with Crippen LogP contribution in [0.15, 0.2) is 48.5 Å². The highest BCUT2D eigenvalue weighted by Crippen LogP contribution is 2.08. The third-order valence-electron chi connectivity index (χ3n) is 2.65. The molecule has 1 aromatic heterocycles. The fourth-order valence-electron chi connectivity index (χ4n) is 1.75. The fraction of sp³-hybridized carbons (Fsp3) is 0.312. The first-order valence-electron chi connectivity index (χ1n) is 6.84. The molecular formula is C16H20N2O2. The lowest BCUT2D eigenvalue weighted by Gasteiger charge is -2.08. The fourth-order valence-corrected chi connectivity index (χ4v) is 1.75. The van der Waals surface area contributed by atoms with Gasteiger partial charge in [-0.25, -0.2) is 4.98 Å². The average molecular weight is 272 g/mol. The van der Waals surface area contributed by atoms with Gasteiger partial charge in [0.05, 0.1) is 18.9 Å². The van der Waals surface area contributed by atoms with Crippen molar-refractivity contribution in [2.75, 3.05) is 25.1 Å². The standard InChI is InChI=1S/C16H20N2O2/c1-2-17-16-10-6-7-14(18-16)13-19-11-12-20-15-8-4-3-5-9-15/h3-10H,2,11-13H2,1H3,(H,17,18). The molecule has 1 N–H and O–H groups in total. The molecule has 0 spiro atoms. The highest BCUT2D eigenvalue weighted by molar-refractivity contribution is 5.34. The maximum atomic E-state index is 5.56. The Morgan fingerprint density at radius 1 is 1.00 bits per heavy atom. The molecule has 0 saturated carbocycles. The molecule has 0 bridgehead atoms. The number of benzene rings is 1. The predicted molar refractivity (Wildman–Crippen MR) is 80.0 cm³/mol. The number of aromatic nitrogens is 1. The molecule has 2 rings (SSSR count). The highest BCUT2D eigenvalue weighted by atomic mass is 16.5. The number of ether oxygens (including phenoxy) is 2. The van der Waals surface area contributed by atoms with Crippen LogP contribution in [0.4, 0.5) is 5.82 Å². The number of pyridine rings is 1. The van der Waals surface area contributed by atoms with Crippen LogP contribution < -0.4 is 10.1 Å². The Bertz CT molecular complexity index is 503. The van der Waals surface area contributed by atoms with E-state index < -0.39 is 0 Å². The smallest absolute Gasteiger partial charge is 0.126 e. The molecule has 4 heteroatoms. The molecule has 0 radical (unpaired) electrons. The number of hydrogen-bond donors (Lipinski definition) is 1. The van der Waals surface area contributed by atoms with E-state index in [0.29, 0.717) is 19.8 Å². The minimum atomic E-state index is 0.497. The van der Waals surface area contributed by atoms with Crippen LogP contribution in [0, 0.1) is 0 Å². The number of rotatable bonds is 8. The molecule has 0 fully saturated rings. The summed E-state index contributed by atoms with van der Waals surface area (Å²) in [7, 11) is 0. The van der Waals surface area contributed by atoms with Gasteiger partial charge in [0.25, 0.3) is 0 Å². The summed E-state index contributed by atoms with van der Waals surface area (Å²) in [6, 6.07) is 15.6. The predicted octanol–water partition coefficient (Wildman–Crippen LogP) is 3.11. The molecule has 4 nitrogen and oxygen atoms in total. The first kappa shape index (κ1) is 14.3. The molecule has 0 aliphatic rings. The molecule has 0 atom stereocenters. The SMILES string of the molecule is CCNc1cccc(COCCOc2ccccc2)n1. The second-order valence-corrected chi connectivity index (χ2v) is 4.26. The summed E-state index contributed by atoms with van der Waals surface area (Å²) in [5, 5.41) is 3.18. The van der Waals surface area contributed by atoms with Crippen molar-refractivity contribution in [3.05, 3.63) is 54.2 Å². The Kier molecular flexibility index (Phi) is 5.86. The van der Waals surface area contributed by atoms with E-state index >= 15 is 0 Å². The lowest BCUT2D eigenvalue weighted by atomic mass is 10.3. The quantitative estimate of drug-likeness (QED) is 0.750. The van der Waals surface area contributed by atoms with Gasteiger partial charge >= 0.3 is 0 Å². The molecule has 20 heavy (non-hydrogen) atoms. The molecule has 106 valence electrons. The Labute approximate surface area is 119 Å². The Morgan fingerprint density at radius 3 is 2.65 bits per heavy atom. The summed E-state index contributed by atoms with van der Waals surface area (Å²) in [6.07, 6.45) is 0. The number of nitrogens with one attached hydrogen (secondary N) is 1. The van der Waals surface area contributed by atoms with Gasteiger partial charge in [-0.15, -0.1) is 0 Å². The molecule has 0 amide bonds. The van der Waals surface area contributed by atoms with E-state index in [1.165, 1.54) is 0 Å². The van der Waals surface area contributed by atoms with Crippen LogP contribution in [0.5, 0.6) is 5.75 Å². The monoisotopic (exact) mass is 272 g/mol. The van der Waals surface area contributed by atoms with Crippen molar-refractivity contribution in [2.24, 2.45) is 0 Å². The minimum Gasteiger partial charge on any atom is -0.491 e. The molecule has 1 heterocycles. The van der Waals surface area contributed by atoms with E-state index in [4.69, 9.17) is 9.47 Å². The van der Waals surface area contributed by atoms with Crippen molar-refractivity contribution in [3.63, 3.8) is 0 Å². The summed E-state index contributed by atoms with van der Waals surface area (Å²) in [5.41, 5.74) is 0.920. The molecule has 1 aromatic carbocycles. The van der Waals surface area contributed by atoms with Gasteiger partial charge in [-0.2, -0.15) is 0 Å². The van der Waals surface area contributed by atoms with Gasteiger partial charge in [-0.05, 0) is 31.2 Å². The van der Waals surface area contributed by atoms with Crippen molar-refractivity contribution in [3.8, 4) is 5.75 Å². The molecule has 0 aliphatic carbocycles. The summed E-state index contributed by atoms with van der Waals surface area (Å²) >= 11 is 0. The van der Waals surface area contributed by atoms with Crippen molar-refractivity contribution >= 4 is 5.82 Å². The number of nitrogens with zero attached hydrogens (tertiary/aromatic N) is 1. The Morgan fingerprint density at radius 2 is 1.85 bits per heavy atom. The van der Waals surface area contributed by atoms with Crippen molar-refractivity contribution in [2.45, 2.75) is 13.5 Å². The van der Waals surface area contributed by atoms with Gasteiger partial charge < -0.3 is 14.8 Å². The maximum Gasteiger partial charge on any atom is 0.126 e. The summed E-state index contributed by atoms with van der Waals surface area (Å²) in [5.74, 6) is 1.75. The molecular weight excluding hydrogens is 252 g/mol. The van der Waals surface area contributed by atoms with Crippen LogP contribution in [0.1, 0.15) is 12.6 Å². The van der Waals surface area contributed by atoms with E-state index in [9.17, 15) is 0 Å². The maximum absolute atomic E-state index is 5.56. The number of hydrogen-bond acceptors (Lipinski definition) is 4. The topological polar surface area (TPSA) is 43.4 Å². The second kappa shape index (κ2) is 8.17. The zero-order valence-corrected chi connectivity index (χ0v) is 11.7. The number of anilines is 1. The normalized spacial score (nSPS) is 10.2. The van der Waals surface area contributed by atoms with Crippen LogP contribution in [-0.4, -0.2) is 24.7 Å². The Balaban J connectivity index is 1.67. The van der Waals surface area contributed by atoms with E-state index in [0.717, 1.165) is 23.8 Å². The minimum absolute atomic E-state index is 0.497. The molecule has 0 aliphatic heterocycles. The van der Waals surface area contributed by atoms with E-state index in [2.05, 4.69) is 10.3 Å². The van der Waals surface area contributed by atoms with Crippen molar-refractivity contribution < 1.29 is 9.47 Å². The zero-order valence-electron chi connectivity index (χ0n) is 11.7. The van der Waals surface area contributed by atoms with Crippen molar-refractivity contribution in [1.82, 2.24) is 4.98 Å². The van der Waals surface area contributed by atoms with Gasteiger partial charge in [0.2, 0.25) is 0 Å². The van der Waals surface area contributed by atoms with Gasteiger partial charge in [0.1, 0.15) is 18.2 Å². The molecule has 2 aromatic rings. The van der Waals surface area contributed by atoms with E-state index in [-0.39, 0.29) is 0 Å². The second-order valence-electron chi connectivity index (χ2n) is 4.26. The third kappa shape index (κ3) is 4.90. The van der Waals surface area contributed by atoms with Crippen LogP contribution in [0.2, 0.25) is 0 Å². The van der Waals surface area contributed by atoms with E-state index in [1.807, 2.05) is 55.5 Å². The first-order valence-corrected chi connectivity index (χ1v) is 6.84. The molecule has 0 unspecified atom stereocenters. The summed E-state index contributed by atoms with van der Waals surface area (Å²) < 4.78 is 11.1. The lowest BCUT2D eigenvalue weighted by molar-refractivity contribution is 0.0870. The zero-order chi connectivity index (χ0) is 14.0. The average Bonchev–Trinajstić information content (AvgIpc) is 2.49. The van der Waals surface area contributed by atoms with Gasteiger partial charge in [-0.3, -0.25) is 0 Å². The highest BCUT2D eigenvalue weighted by Gasteiger charge is 1.98. The van der Waals surface area contributed by atoms with Gasteiger partial charge in [0.15, 0.2) is 0 Å². The summed E-state index contributed by atoms with van der Waals surface area (Å²) in [4.78, 5) is 4.44. The van der Waals surface area contributed by atoms with Crippen molar-refractivity contribution in [1.29, 1.82) is 0 Å². The van der Waals surface area contributed by atoms with Gasteiger partial charge in [-0.1, -0.05) is 24.3 Å². The van der Waals surface area contributed by atoms with Crippen LogP contribution in [0.3, 0.4) is 0 Å². The van der Waals surface area contributed by atoms with Crippen LogP contribution >= 0.6 is 0 Å². The van der Waals surface area contributed by atoms with Crippen LogP contribution in [0.25, 0.3) is 0 Å².